The van der Waals surface area contributed by atoms with Crippen molar-refractivity contribution in [2.45, 2.75) is 27.2 Å². The standard InChI is InChI=1S/C19H29N3O3/c1-5-21(6-2)16-7-8-17(14(3)11-16)22-13-15(12-18(22)23)19(24)20-9-10-25-4/h7-8,11,15H,5-6,9-10,12-13H2,1-4H3,(H,20,24). The molecule has 0 aromatic heterocycles. The van der Waals surface area contributed by atoms with Crippen LogP contribution in [0.3, 0.4) is 0 Å². The maximum absolute atomic E-state index is 12.4. The molecular weight excluding hydrogens is 318 g/mol. The van der Waals surface area contributed by atoms with Crippen molar-refractivity contribution in [1.82, 2.24) is 5.32 Å². The summed E-state index contributed by atoms with van der Waals surface area (Å²) < 4.78 is 4.94. The normalized spacial score (nSPS) is 17.0. The number of hydrogen-bond donors (Lipinski definition) is 1. The zero-order valence-electron chi connectivity index (χ0n) is 15.7. The second kappa shape index (κ2) is 8.85. The molecule has 1 aromatic carbocycles. The molecule has 1 aromatic rings. The first-order chi connectivity index (χ1) is 12.0. The summed E-state index contributed by atoms with van der Waals surface area (Å²) in [7, 11) is 1.59. The van der Waals surface area contributed by atoms with Gasteiger partial charge in [0.15, 0.2) is 0 Å². The van der Waals surface area contributed by atoms with Gasteiger partial charge in [-0.05, 0) is 44.5 Å². The van der Waals surface area contributed by atoms with E-state index in [1.807, 2.05) is 13.0 Å². The summed E-state index contributed by atoms with van der Waals surface area (Å²) in [5.74, 6) is -0.373. The van der Waals surface area contributed by atoms with E-state index in [0.717, 1.165) is 30.0 Å². The second-order valence-electron chi connectivity index (χ2n) is 6.33. The van der Waals surface area contributed by atoms with Crippen LogP contribution in [0.25, 0.3) is 0 Å². The molecule has 2 amide bonds. The number of carbonyl (C=O) groups excluding carboxylic acids is 2. The lowest BCUT2D eigenvalue weighted by atomic mass is 10.1. The first-order valence-electron chi connectivity index (χ1n) is 8.94. The Morgan fingerprint density at radius 2 is 2.08 bits per heavy atom. The topological polar surface area (TPSA) is 61.9 Å². The minimum Gasteiger partial charge on any atom is -0.383 e. The molecule has 1 saturated heterocycles. The molecule has 1 aliphatic rings. The Balaban J connectivity index is 2.08. The number of anilines is 2. The lowest BCUT2D eigenvalue weighted by Gasteiger charge is -2.24. The molecule has 138 valence electrons. The Morgan fingerprint density at radius 1 is 1.36 bits per heavy atom. The molecule has 1 fully saturated rings. The first kappa shape index (κ1) is 19.2. The van der Waals surface area contributed by atoms with Crippen LogP contribution in [0.4, 0.5) is 11.4 Å². The highest BCUT2D eigenvalue weighted by Gasteiger charge is 2.35. The van der Waals surface area contributed by atoms with Gasteiger partial charge in [-0.15, -0.1) is 0 Å². The van der Waals surface area contributed by atoms with Crippen LogP contribution in [-0.4, -0.2) is 51.7 Å². The molecule has 2 rings (SSSR count). The molecule has 1 aliphatic heterocycles. The molecule has 0 saturated carbocycles. The molecule has 0 radical (unpaired) electrons. The summed E-state index contributed by atoms with van der Waals surface area (Å²) in [4.78, 5) is 28.6. The van der Waals surface area contributed by atoms with E-state index in [-0.39, 0.29) is 24.2 Å². The van der Waals surface area contributed by atoms with E-state index in [2.05, 4.69) is 36.2 Å². The number of methoxy groups -OCH3 is 1. The molecule has 0 bridgehead atoms. The van der Waals surface area contributed by atoms with Crippen molar-refractivity contribution in [3.8, 4) is 0 Å². The van der Waals surface area contributed by atoms with E-state index < -0.39 is 0 Å². The van der Waals surface area contributed by atoms with Gasteiger partial charge in [0.05, 0.1) is 12.5 Å². The second-order valence-corrected chi connectivity index (χ2v) is 6.33. The molecule has 0 aliphatic carbocycles. The third-order valence-corrected chi connectivity index (χ3v) is 4.70. The van der Waals surface area contributed by atoms with Gasteiger partial charge in [-0.25, -0.2) is 0 Å². The van der Waals surface area contributed by atoms with Crippen molar-refractivity contribution in [3.05, 3.63) is 23.8 Å². The van der Waals surface area contributed by atoms with Gasteiger partial charge in [-0.2, -0.15) is 0 Å². The zero-order valence-corrected chi connectivity index (χ0v) is 15.7. The Morgan fingerprint density at radius 3 is 2.68 bits per heavy atom. The molecule has 1 atom stereocenters. The SMILES string of the molecule is CCN(CC)c1ccc(N2CC(C(=O)NCCOC)CC2=O)c(C)c1. The number of rotatable bonds is 8. The van der Waals surface area contributed by atoms with Gasteiger partial charge < -0.3 is 19.9 Å². The van der Waals surface area contributed by atoms with Gasteiger partial charge in [-0.3, -0.25) is 9.59 Å². The van der Waals surface area contributed by atoms with Crippen LogP contribution in [-0.2, 0) is 14.3 Å². The lowest BCUT2D eigenvalue weighted by Crippen LogP contribution is -2.34. The van der Waals surface area contributed by atoms with Crippen LogP contribution in [0, 0.1) is 12.8 Å². The van der Waals surface area contributed by atoms with Crippen LogP contribution >= 0.6 is 0 Å². The summed E-state index contributed by atoms with van der Waals surface area (Å²) in [6.45, 7) is 9.54. The average Bonchev–Trinajstić information content (AvgIpc) is 2.98. The van der Waals surface area contributed by atoms with Crippen LogP contribution in [0.5, 0.6) is 0 Å². The van der Waals surface area contributed by atoms with Gasteiger partial charge in [0.25, 0.3) is 0 Å². The Bertz CT molecular complexity index is 614. The summed E-state index contributed by atoms with van der Waals surface area (Å²) in [6, 6.07) is 6.16. The quantitative estimate of drug-likeness (QED) is 0.730. The number of benzene rings is 1. The Labute approximate surface area is 150 Å². The van der Waals surface area contributed by atoms with Crippen LogP contribution < -0.4 is 15.1 Å². The van der Waals surface area contributed by atoms with Gasteiger partial charge in [0.1, 0.15) is 0 Å². The van der Waals surface area contributed by atoms with Gasteiger partial charge in [-0.1, -0.05) is 0 Å². The van der Waals surface area contributed by atoms with Crippen molar-refractivity contribution < 1.29 is 14.3 Å². The fourth-order valence-corrected chi connectivity index (χ4v) is 3.26. The fraction of sp³-hybridized carbons (Fsp3) is 0.579. The summed E-state index contributed by atoms with van der Waals surface area (Å²) in [6.07, 6.45) is 0.260. The number of ether oxygens (including phenoxy) is 1. The number of hydrogen-bond acceptors (Lipinski definition) is 4. The lowest BCUT2D eigenvalue weighted by molar-refractivity contribution is -0.126. The maximum Gasteiger partial charge on any atom is 0.227 e. The van der Waals surface area contributed by atoms with E-state index in [9.17, 15) is 9.59 Å². The molecule has 6 nitrogen and oxygen atoms in total. The molecule has 1 unspecified atom stereocenters. The van der Waals surface area contributed by atoms with E-state index in [4.69, 9.17) is 4.74 Å². The fourth-order valence-electron chi connectivity index (χ4n) is 3.26. The number of nitrogens with one attached hydrogen (secondary N) is 1. The van der Waals surface area contributed by atoms with Crippen LogP contribution in [0.15, 0.2) is 18.2 Å². The highest BCUT2D eigenvalue weighted by Crippen LogP contribution is 2.30. The number of nitrogens with zero attached hydrogens (tertiary/aromatic N) is 2. The predicted molar refractivity (Wildman–Crippen MR) is 100 cm³/mol. The monoisotopic (exact) mass is 347 g/mol. The van der Waals surface area contributed by atoms with E-state index >= 15 is 0 Å². The molecule has 1 N–H and O–H groups in total. The minimum absolute atomic E-state index is 0.00517. The highest BCUT2D eigenvalue weighted by atomic mass is 16.5. The summed E-state index contributed by atoms with van der Waals surface area (Å²) >= 11 is 0. The maximum atomic E-state index is 12.4. The summed E-state index contributed by atoms with van der Waals surface area (Å²) in [5.41, 5.74) is 3.11. The first-order valence-corrected chi connectivity index (χ1v) is 8.94. The zero-order chi connectivity index (χ0) is 18.4. The Kier molecular flexibility index (Phi) is 6.82. The highest BCUT2D eigenvalue weighted by molar-refractivity contribution is 6.01. The third-order valence-electron chi connectivity index (χ3n) is 4.70. The predicted octanol–water partition coefficient (Wildman–Crippen LogP) is 1.96. The van der Waals surface area contributed by atoms with Gasteiger partial charge >= 0.3 is 0 Å². The average molecular weight is 347 g/mol. The largest absolute Gasteiger partial charge is 0.383 e. The van der Waals surface area contributed by atoms with Gasteiger partial charge in [0.2, 0.25) is 11.8 Å². The third kappa shape index (κ3) is 4.51. The summed E-state index contributed by atoms with van der Waals surface area (Å²) in [5, 5.41) is 2.82. The molecular formula is C19H29N3O3. The van der Waals surface area contributed by atoms with Crippen LogP contribution in [0.2, 0.25) is 0 Å². The van der Waals surface area contributed by atoms with E-state index in [1.54, 1.807) is 12.0 Å². The van der Waals surface area contributed by atoms with Crippen molar-refractivity contribution in [2.24, 2.45) is 5.92 Å². The number of amides is 2. The molecule has 25 heavy (non-hydrogen) atoms. The molecule has 6 heteroatoms. The Hall–Kier alpha value is -2.08. The van der Waals surface area contributed by atoms with Gasteiger partial charge in [0, 0.05) is 51.1 Å². The van der Waals surface area contributed by atoms with E-state index in [1.165, 1.54) is 0 Å². The number of carbonyl (C=O) groups is 2. The van der Waals surface area contributed by atoms with Crippen molar-refractivity contribution >= 4 is 23.2 Å². The number of aryl methyl sites for hydroxylation is 1. The molecule has 1 heterocycles. The van der Waals surface area contributed by atoms with E-state index in [0.29, 0.717) is 19.7 Å². The molecule has 0 spiro atoms. The van der Waals surface area contributed by atoms with Crippen molar-refractivity contribution in [3.63, 3.8) is 0 Å². The minimum atomic E-state index is -0.300. The van der Waals surface area contributed by atoms with Crippen LogP contribution in [0.1, 0.15) is 25.8 Å². The van der Waals surface area contributed by atoms with Crippen molar-refractivity contribution in [1.29, 1.82) is 0 Å². The smallest absolute Gasteiger partial charge is 0.227 e. The van der Waals surface area contributed by atoms with Crippen molar-refractivity contribution in [2.75, 3.05) is 49.7 Å².